The van der Waals surface area contributed by atoms with Gasteiger partial charge in [-0.2, -0.15) is 0 Å². The molecule has 3 rings (SSSR count). The van der Waals surface area contributed by atoms with Crippen LogP contribution in [0.2, 0.25) is 0 Å². The van der Waals surface area contributed by atoms with Crippen LogP contribution in [0.5, 0.6) is 5.88 Å². The van der Waals surface area contributed by atoms with Crippen LogP contribution in [-0.4, -0.2) is 40.1 Å². The third-order valence-corrected chi connectivity index (χ3v) is 5.32. The molecule has 0 fully saturated rings. The van der Waals surface area contributed by atoms with Crippen molar-refractivity contribution in [1.29, 1.82) is 0 Å². The lowest BCUT2D eigenvalue weighted by molar-refractivity contribution is -0.120. The summed E-state index contributed by atoms with van der Waals surface area (Å²) in [5.41, 5.74) is 7.01. The number of rotatable bonds is 7. The second-order valence-electron chi connectivity index (χ2n) is 6.71. The summed E-state index contributed by atoms with van der Waals surface area (Å²) in [5, 5.41) is 6.98. The van der Waals surface area contributed by atoms with E-state index < -0.39 is 0 Å². The van der Waals surface area contributed by atoms with Crippen molar-refractivity contribution in [3.63, 3.8) is 0 Å². The zero-order valence-corrected chi connectivity index (χ0v) is 18.0. The van der Waals surface area contributed by atoms with Crippen LogP contribution < -0.4 is 21.1 Å². The number of aromatic nitrogens is 3. The van der Waals surface area contributed by atoms with E-state index in [1.54, 1.807) is 6.20 Å². The van der Waals surface area contributed by atoms with Crippen molar-refractivity contribution in [2.24, 2.45) is 5.73 Å². The van der Waals surface area contributed by atoms with E-state index in [-0.39, 0.29) is 31.5 Å². The average molecular weight is 425 g/mol. The Morgan fingerprint density at radius 3 is 2.90 bits per heavy atom. The van der Waals surface area contributed by atoms with Crippen LogP contribution in [0.15, 0.2) is 24.7 Å². The van der Waals surface area contributed by atoms with Crippen LogP contribution in [0.4, 0.5) is 11.5 Å². The van der Waals surface area contributed by atoms with Crippen LogP contribution >= 0.6 is 11.3 Å². The minimum Gasteiger partial charge on any atom is -0.473 e. The van der Waals surface area contributed by atoms with Gasteiger partial charge in [-0.15, -0.1) is 11.3 Å². The number of nitrogens with two attached hydrogens (primary N) is 1. The number of nitrogens with one attached hydrogen (secondary N) is 2. The molecule has 0 aliphatic heterocycles. The van der Waals surface area contributed by atoms with Crippen molar-refractivity contribution in [1.82, 2.24) is 20.3 Å². The standard InChI is InChI=1S/C21H24N6O2S/c1-13(2)29-20-15(7-6-10-24-20)27-19-18-14(3)16(30-21(18)26-12-25-19)11-17(28)23-9-5-4-8-22/h6-7,10,12-13H,8-9,11,22H2,1-3H3,(H,23,28)(H,25,26,27). The van der Waals surface area contributed by atoms with Crippen molar-refractivity contribution in [2.75, 3.05) is 18.4 Å². The number of hydrogen-bond donors (Lipinski definition) is 3. The molecule has 8 nitrogen and oxygen atoms in total. The lowest BCUT2D eigenvalue weighted by Gasteiger charge is -2.14. The molecule has 1 amide bonds. The van der Waals surface area contributed by atoms with Gasteiger partial charge in [0.25, 0.3) is 0 Å². The molecule has 0 atom stereocenters. The van der Waals surface area contributed by atoms with Gasteiger partial charge in [0.1, 0.15) is 22.7 Å². The molecule has 9 heteroatoms. The van der Waals surface area contributed by atoms with Crippen LogP contribution in [0.1, 0.15) is 24.3 Å². The van der Waals surface area contributed by atoms with Crippen LogP contribution in [-0.2, 0) is 11.2 Å². The van der Waals surface area contributed by atoms with E-state index in [4.69, 9.17) is 10.5 Å². The lowest BCUT2D eigenvalue weighted by atomic mass is 10.1. The monoisotopic (exact) mass is 424 g/mol. The van der Waals surface area contributed by atoms with Gasteiger partial charge >= 0.3 is 0 Å². The van der Waals surface area contributed by atoms with Crippen LogP contribution in [0.3, 0.4) is 0 Å². The summed E-state index contributed by atoms with van der Waals surface area (Å²) in [7, 11) is 0. The Balaban J connectivity index is 1.85. The quantitative estimate of drug-likeness (QED) is 0.499. The van der Waals surface area contributed by atoms with Gasteiger partial charge in [0, 0.05) is 11.1 Å². The molecule has 3 heterocycles. The van der Waals surface area contributed by atoms with E-state index >= 15 is 0 Å². The molecule has 0 saturated carbocycles. The maximum atomic E-state index is 12.2. The van der Waals surface area contributed by atoms with E-state index in [0.717, 1.165) is 26.3 Å². The Labute approximate surface area is 179 Å². The van der Waals surface area contributed by atoms with Gasteiger partial charge in [-0.1, -0.05) is 11.8 Å². The number of hydrogen-bond acceptors (Lipinski definition) is 8. The number of amides is 1. The molecule has 156 valence electrons. The SMILES string of the molecule is Cc1c(CC(=O)NCC#CCN)sc2ncnc(Nc3cccnc3OC(C)C)c12. The molecule has 0 aliphatic carbocycles. The maximum Gasteiger partial charge on any atom is 0.237 e. The number of thiophene rings is 1. The summed E-state index contributed by atoms with van der Waals surface area (Å²) in [5.74, 6) is 6.57. The highest BCUT2D eigenvalue weighted by Gasteiger charge is 2.17. The highest BCUT2D eigenvalue weighted by Crippen LogP contribution is 2.36. The van der Waals surface area contributed by atoms with Gasteiger partial charge in [-0.3, -0.25) is 4.79 Å². The molecule has 30 heavy (non-hydrogen) atoms. The van der Waals surface area contributed by atoms with Crippen molar-refractivity contribution in [2.45, 2.75) is 33.3 Å². The molecular formula is C21H24N6O2S. The number of pyridine rings is 1. The van der Waals surface area contributed by atoms with Gasteiger partial charge < -0.3 is 21.1 Å². The average Bonchev–Trinajstić information content (AvgIpc) is 3.03. The molecule has 0 radical (unpaired) electrons. The largest absolute Gasteiger partial charge is 0.473 e. The van der Waals surface area contributed by atoms with E-state index in [1.807, 2.05) is 32.9 Å². The zero-order valence-electron chi connectivity index (χ0n) is 17.2. The van der Waals surface area contributed by atoms with Gasteiger partial charge in [0.05, 0.1) is 31.0 Å². The van der Waals surface area contributed by atoms with Gasteiger partial charge in [0.2, 0.25) is 11.8 Å². The summed E-state index contributed by atoms with van der Waals surface area (Å²) in [4.78, 5) is 27.1. The van der Waals surface area contributed by atoms with Gasteiger partial charge in [-0.25, -0.2) is 15.0 Å². The number of nitrogens with zero attached hydrogens (tertiary/aromatic N) is 3. The first-order chi connectivity index (χ1) is 14.5. The fourth-order valence-electron chi connectivity index (χ4n) is 2.80. The predicted octanol–water partition coefficient (Wildman–Crippen LogP) is 2.55. The first-order valence-electron chi connectivity index (χ1n) is 9.53. The third kappa shape index (κ3) is 5.23. The molecule has 0 bridgehead atoms. The minimum absolute atomic E-state index is 0.00610. The smallest absolute Gasteiger partial charge is 0.237 e. The number of anilines is 2. The Hall–Kier alpha value is -3.22. The molecule has 3 aromatic rings. The lowest BCUT2D eigenvalue weighted by Crippen LogP contribution is -2.25. The Morgan fingerprint density at radius 1 is 1.30 bits per heavy atom. The second-order valence-corrected chi connectivity index (χ2v) is 7.80. The summed E-state index contributed by atoms with van der Waals surface area (Å²) < 4.78 is 5.79. The molecule has 0 unspecified atom stereocenters. The fourth-order valence-corrected chi connectivity index (χ4v) is 3.94. The molecule has 0 aliphatic rings. The zero-order chi connectivity index (χ0) is 21.5. The number of carbonyl (C=O) groups is 1. The van der Waals surface area contributed by atoms with Crippen LogP contribution in [0, 0.1) is 18.8 Å². The van der Waals surface area contributed by atoms with Crippen LogP contribution in [0.25, 0.3) is 10.2 Å². The summed E-state index contributed by atoms with van der Waals surface area (Å²) in [6, 6.07) is 3.72. The van der Waals surface area contributed by atoms with Gasteiger partial charge in [-0.05, 0) is 38.5 Å². The minimum atomic E-state index is -0.0988. The summed E-state index contributed by atoms with van der Waals surface area (Å²) >= 11 is 1.48. The second kappa shape index (κ2) is 10.0. The number of carbonyl (C=O) groups excluding carboxylic acids is 1. The van der Waals surface area contributed by atoms with E-state index in [0.29, 0.717) is 11.7 Å². The molecular weight excluding hydrogens is 400 g/mol. The fraction of sp³-hybridized carbons (Fsp3) is 0.333. The number of aryl methyl sites for hydroxylation is 1. The Bertz CT molecular complexity index is 1100. The maximum absolute atomic E-state index is 12.2. The predicted molar refractivity (Wildman–Crippen MR) is 119 cm³/mol. The third-order valence-electron chi connectivity index (χ3n) is 4.12. The Kier molecular flexibility index (Phi) is 7.17. The highest BCUT2D eigenvalue weighted by atomic mass is 32.1. The number of fused-ring (bicyclic) bond motifs is 1. The first kappa shape index (κ1) is 21.5. The Morgan fingerprint density at radius 2 is 2.13 bits per heavy atom. The summed E-state index contributed by atoms with van der Waals surface area (Å²) in [6.07, 6.45) is 3.44. The summed E-state index contributed by atoms with van der Waals surface area (Å²) in [6.45, 7) is 6.43. The first-order valence-corrected chi connectivity index (χ1v) is 10.4. The van der Waals surface area contributed by atoms with Crippen molar-refractivity contribution < 1.29 is 9.53 Å². The van der Waals surface area contributed by atoms with Crippen molar-refractivity contribution in [3.05, 3.63) is 35.1 Å². The van der Waals surface area contributed by atoms with Crippen molar-refractivity contribution >= 4 is 39.0 Å². The molecule has 4 N–H and O–H groups in total. The number of ether oxygens (including phenoxy) is 1. The van der Waals surface area contributed by atoms with E-state index in [1.165, 1.54) is 17.7 Å². The molecule has 0 saturated heterocycles. The van der Waals surface area contributed by atoms with E-state index in [2.05, 4.69) is 37.4 Å². The molecule has 0 spiro atoms. The van der Waals surface area contributed by atoms with Gasteiger partial charge in [0.15, 0.2) is 0 Å². The topological polar surface area (TPSA) is 115 Å². The molecule has 0 aromatic carbocycles. The normalized spacial score (nSPS) is 10.6. The molecule has 3 aromatic heterocycles. The highest BCUT2D eigenvalue weighted by molar-refractivity contribution is 7.19. The van der Waals surface area contributed by atoms with E-state index in [9.17, 15) is 4.79 Å². The van der Waals surface area contributed by atoms with Crippen molar-refractivity contribution in [3.8, 4) is 17.7 Å².